The van der Waals surface area contributed by atoms with Gasteiger partial charge in [-0.1, -0.05) is 84.8 Å². The average molecular weight is 360 g/mol. The zero-order chi connectivity index (χ0) is 19.3. The Balaban J connectivity index is 2.70. The van der Waals surface area contributed by atoms with Crippen LogP contribution in [-0.2, 0) is 0 Å². The highest BCUT2D eigenvalue weighted by Crippen LogP contribution is 2.32. The summed E-state index contributed by atoms with van der Waals surface area (Å²) in [7, 11) is 0. The van der Waals surface area contributed by atoms with Crippen LogP contribution in [-0.4, -0.2) is 35.6 Å². The quantitative estimate of drug-likeness (QED) is 0.196. The van der Waals surface area contributed by atoms with E-state index in [0.717, 1.165) is 24.4 Å². The molecule has 1 fully saturated rings. The summed E-state index contributed by atoms with van der Waals surface area (Å²) in [4.78, 5) is 11.1. The fraction of sp³-hybridized carbons (Fsp3) is 0.739. The number of likely N-dealkylation sites (tertiary alicyclic amines) is 1. The fourth-order valence-corrected chi connectivity index (χ4v) is 3.82. The van der Waals surface area contributed by atoms with Crippen LogP contribution >= 0.6 is 0 Å². The second-order valence-corrected chi connectivity index (χ2v) is 7.95. The van der Waals surface area contributed by atoms with Gasteiger partial charge in [0, 0.05) is 24.8 Å². The molecule has 1 aliphatic rings. The Morgan fingerprint density at radius 2 is 1.54 bits per heavy atom. The Morgan fingerprint density at radius 1 is 0.962 bits per heavy atom. The topological polar surface area (TPSA) is 28.0 Å². The van der Waals surface area contributed by atoms with Crippen LogP contribution in [0.3, 0.4) is 0 Å². The molecule has 0 bridgehead atoms. The molecule has 0 aromatic heterocycles. The fourth-order valence-electron chi connectivity index (χ4n) is 3.82. The third kappa shape index (κ3) is 7.99. The van der Waals surface area contributed by atoms with Gasteiger partial charge in [0.1, 0.15) is 6.34 Å². The smallest absolute Gasteiger partial charge is 0.115 e. The molecule has 3 nitrogen and oxygen atoms in total. The summed E-state index contributed by atoms with van der Waals surface area (Å²) in [6, 6.07) is 0. The zero-order valence-electron chi connectivity index (χ0n) is 17.6. The second kappa shape index (κ2) is 13.0. The summed E-state index contributed by atoms with van der Waals surface area (Å²) in [6.07, 6.45) is 17.8. The first-order valence-electron chi connectivity index (χ1n) is 10.7. The zero-order valence-corrected chi connectivity index (χ0v) is 17.6. The van der Waals surface area contributed by atoms with Crippen molar-refractivity contribution in [2.45, 2.75) is 96.9 Å². The van der Waals surface area contributed by atoms with Crippen molar-refractivity contribution in [3.63, 3.8) is 0 Å². The van der Waals surface area contributed by atoms with Gasteiger partial charge in [0.25, 0.3) is 0 Å². The van der Waals surface area contributed by atoms with Crippen molar-refractivity contribution >= 4 is 12.1 Å². The molecule has 1 saturated heterocycles. The summed E-state index contributed by atoms with van der Waals surface area (Å²) < 4.78 is 0. The first-order chi connectivity index (χ1) is 12.6. The van der Waals surface area contributed by atoms with E-state index < -0.39 is 0 Å². The minimum absolute atomic E-state index is 0.260. The van der Waals surface area contributed by atoms with Gasteiger partial charge in [-0.2, -0.15) is 0 Å². The van der Waals surface area contributed by atoms with Crippen molar-refractivity contribution in [1.82, 2.24) is 4.90 Å². The number of hydrogen-bond donors (Lipinski definition) is 0. The molecular formula is C23H41N3. The minimum Gasteiger partial charge on any atom is -0.288 e. The molecule has 0 aliphatic carbocycles. The highest BCUT2D eigenvalue weighted by Gasteiger charge is 2.36. The maximum Gasteiger partial charge on any atom is 0.115 e. The normalized spacial score (nSPS) is 19.5. The van der Waals surface area contributed by atoms with E-state index in [2.05, 4.69) is 48.8 Å². The first-order valence-corrected chi connectivity index (χ1v) is 10.7. The second-order valence-electron chi connectivity index (χ2n) is 7.95. The Labute approximate surface area is 162 Å². The van der Waals surface area contributed by atoms with Gasteiger partial charge in [-0.3, -0.25) is 4.90 Å². The number of rotatable bonds is 14. The Hall–Kier alpha value is -1.22. The van der Waals surface area contributed by atoms with Gasteiger partial charge in [-0.25, -0.2) is 9.98 Å². The molecule has 0 N–H and O–H groups in total. The van der Waals surface area contributed by atoms with Crippen LogP contribution in [0.5, 0.6) is 0 Å². The van der Waals surface area contributed by atoms with Gasteiger partial charge in [0.15, 0.2) is 0 Å². The van der Waals surface area contributed by atoms with Crippen LogP contribution < -0.4 is 0 Å². The summed E-state index contributed by atoms with van der Waals surface area (Å²) >= 11 is 0. The predicted molar refractivity (Wildman–Crippen MR) is 117 cm³/mol. The summed E-state index contributed by atoms with van der Waals surface area (Å²) in [5.41, 5.74) is 2.49. The first kappa shape index (κ1) is 22.8. The lowest BCUT2D eigenvalue weighted by atomic mass is 9.86. The van der Waals surface area contributed by atoms with Crippen LogP contribution in [0.4, 0.5) is 0 Å². The van der Waals surface area contributed by atoms with Gasteiger partial charge in [-0.05, 0) is 25.3 Å². The molecular weight excluding hydrogens is 318 g/mol. The monoisotopic (exact) mass is 359 g/mol. The minimum atomic E-state index is 0.260. The molecule has 0 aromatic rings. The Morgan fingerprint density at radius 3 is 2.12 bits per heavy atom. The number of aliphatic imine (C=N–C) groups is 2. The molecule has 26 heavy (non-hydrogen) atoms. The highest BCUT2D eigenvalue weighted by molar-refractivity contribution is 6.06. The van der Waals surface area contributed by atoms with E-state index in [0.29, 0.717) is 0 Å². The van der Waals surface area contributed by atoms with E-state index >= 15 is 0 Å². The molecule has 0 spiro atoms. The van der Waals surface area contributed by atoms with Gasteiger partial charge >= 0.3 is 0 Å². The average Bonchev–Trinajstić information content (AvgIpc) is 3.00. The van der Waals surface area contributed by atoms with E-state index in [-0.39, 0.29) is 5.54 Å². The third-order valence-electron chi connectivity index (χ3n) is 5.67. The van der Waals surface area contributed by atoms with Crippen molar-refractivity contribution in [3.8, 4) is 0 Å². The third-order valence-corrected chi connectivity index (χ3v) is 5.67. The Kier molecular flexibility index (Phi) is 11.4. The van der Waals surface area contributed by atoms with Crippen molar-refractivity contribution in [1.29, 1.82) is 0 Å². The number of hydrogen-bond acceptors (Lipinski definition) is 2. The maximum absolute atomic E-state index is 4.50. The Bertz CT molecular complexity index is 478. The molecule has 1 heterocycles. The van der Waals surface area contributed by atoms with Gasteiger partial charge in [0.05, 0.1) is 5.71 Å². The SMILES string of the molecule is C=C/N=C\N=C1\CN(C(C)(CCCCCC)CCCCCCC)CC1=C. The van der Waals surface area contributed by atoms with Crippen molar-refractivity contribution in [3.05, 3.63) is 24.9 Å². The highest BCUT2D eigenvalue weighted by atomic mass is 15.2. The van der Waals surface area contributed by atoms with E-state index in [9.17, 15) is 0 Å². The largest absolute Gasteiger partial charge is 0.288 e. The molecule has 1 rings (SSSR count). The molecule has 1 aliphatic heterocycles. The summed E-state index contributed by atoms with van der Waals surface area (Å²) in [5.74, 6) is 0. The van der Waals surface area contributed by atoms with Crippen LogP contribution in [0, 0.1) is 0 Å². The molecule has 0 radical (unpaired) electrons. The van der Waals surface area contributed by atoms with Crippen LogP contribution in [0.15, 0.2) is 34.9 Å². The lowest BCUT2D eigenvalue weighted by molar-refractivity contribution is 0.117. The molecule has 3 heteroatoms. The van der Waals surface area contributed by atoms with E-state index in [4.69, 9.17) is 0 Å². The molecule has 1 atom stereocenters. The number of unbranched alkanes of at least 4 members (excludes halogenated alkanes) is 7. The van der Waals surface area contributed by atoms with Crippen LogP contribution in [0.1, 0.15) is 91.4 Å². The summed E-state index contributed by atoms with van der Waals surface area (Å²) in [6.45, 7) is 16.7. The van der Waals surface area contributed by atoms with E-state index in [1.165, 1.54) is 76.8 Å². The van der Waals surface area contributed by atoms with Gasteiger partial charge in [-0.15, -0.1) is 0 Å². The van der Waals surface area contributed by atoms with Gasteiger partial charge < -0.3 is 0 Å². The van der Waals surface area contributed by atoms with Crippen LogP contribution in [0.2, 0.25) is 0 Å². The maximum atomic E-state index is 4.50. The van der Waals surface area contributed by atoms with Crippen molar-refractivity contribution < 1.29 is 0 Å². The predicted octanol–water partition coefficient (Wildman–Crippen LogP) is 6.56. The van der Waals surface area contributed by atoms with Crippen molar-refractivity contribution in [2.75, 3.05) is 13.1 Å². The lowest BCUT2D eigenvalue weighted by Crippen LogP contribution is -2.45. The molecule has 0 amide bonds. The van der Waals surface area contributed by atoms with Crippen molar-refractivity contribution in [2.24, 2.45) is 9.98 Å². The molecule has 0 saturated carbocycles. The lowest BCUT2D eigenvalue weighted by Gasteiger charge is -2.39. The number of nitrogens with zero attached hydrogens (tertiary/aromatic N) is 3. The standard InChI is InChI=1S/C23H41N3/c1-6-9-11-13-15-17-23(5,16-14-12-10-7-2)26-18-21(4)22(19-26)25-20-24-8-3/h8,20H,3-4,6-7,9-19H2,1-2,5H3/b24-20-,25-22-. The van der Waals surface area contributed by atoms with Gasteiger partial charge in [0.2, 0.25) is 0 Å². The molecule has 1 unspecified atom stereocenters. The molecule has 148 valence electrons. The van der Waals surface area contributed by atoms with Crippen LogP contribution in [0.25, 0.3) is 0 Å². The summed E-state index contributed by atoms with van der Waals surface area (Å²) in [5, 5.41) is 0. The molecule has 0 aromatic carbocycles. The van der Waals surface area contributed by atoms with E-state index in [1.54, 1.807) is 6.34 Å². The van der Waals surface area contributed by atoms with E-state index in [1.807, 2.05) is 0 Å².